The summed E-state index contributed by atoms with van der Waals surface area (Å²) in [6.07, 6.45) is 2.76. The fourth-order valence-electron chi connectivity index (χ4n) is 3.72. The molecule has 2 aromatic carbocycles. The third-order valence-electron chi connectivity index (χ3n) is 5.21. The van der Waals surface area contributed by atoms with Crippen molar-refractivity contribution in [3.05, 3.63) is 82.0 Å². The van der Waals surface area contributed by atoms with Crippen molar-refractivity contribution >= 4 is 28.8 Å². The third-order valence-corrected chi connectivity index (χ3v) is 5.21. The molecular weight excluding hydrogens is 428 g/mol. The quantitative estimate of drug-likeness (QED) is 0.439. The molecule has 1 atom stereocenters. The molecule has 0 radical (unpaired) electrons. The molecule has 0 aliphatic carbocycles. The largest absolute Gasteiger partial charge is 0.458 e. The molecule has 0 saturated heterocycles. The Balaban J connectivity index is 1.92. The van der Waals surface area contributed by atoms with Gasteiger partial charge in [-0.1, -0.05) is 18.2 Å². The van der Waals surface area contributed by atoms with Crippen molar-refractivity contribution < 1.29 is 18.6 Å². The van der Waals surface area contributed by atoms with Crippen LogP contribution in [-0.4, -0.2) is 30.3 Å². The van der Waals surface area contributed by atoms with Crippen LogP contribution in [0.5, 0.6) is 0 Å². The monoisotopic (exact) mass is 450 g/mol. The molecule has 0 bridgehead atoms. The number of benzene rings is 2. The fraction of sp³-hybridized carbons (Fsp3) is 0.167. The minimum atomic E-state index is -0.711. The van der Waals surface area contributed by atoms with E-state index >= 15 is 0 Å². The molecule has 4 aromatic rings. The molecule has 33 heavy (non-hydrogen) atoms. The van der Waals surface area contributed by atoms with Gasteiger partial charge in [0.25, 0.3) is 0 Å². The highest BCUT2D eigenvalue weighted by atomic mass is 19.1. The lowest BCUT2D eigenvalue weighted by atomic mass is 9.98. The predicted molar refractivity (Wildman–Crippen MR) is 123 cm³/mol. The van der Waals surface area contributed by atoms with E-state index in [1.165, 1.54) is 48.9 Å². The molecule has 9 heteroatoms. The van der Waals surface area contributed by atoms with Crippen LogP contribution < -0.4 is 21.1 Å². The van der Waals surface area contributed by atoms with Crippen molar-refractivity contribution in [2.24, 2.45) is 0 Å². The zero-order valence-corrected chi connectivity index (χ0v) is 18.3. The summed E-state index contributed by atoms with van der Waals surface area (Å²) in [5, 5.41) is 8.83. The van der Waals surface area contributed by atoms with Gasteiger partial charge < -0.3 is 14.6 Å². The first-order valence-corrected chi connectivity index (χ1v) is 10.2. The Labute approximate surface area is 188 Å². The van der Waals surface area contributed by atoms with E-state index in [2.05, 4.69) is 15.3 Å². The molecule has 0 aliphatic rings. The number of nitrogens with one attached hydrogen (secondary N) is 1. The van der Waals surface area contributed by atoms with Crippen LogP contribution in [0.1, 0.15) is 24.3 Å². The minimum Gasteiger partial charge on any atom is -0.458 e. The third kappa shape index (κ3) is 4.05. The van der Waals surface area contributed by atoms with Gasteiger partial charge in [-0.2, -0.15) is 0 Å². The Bertz CT molecular complexity index is 1420. The standard InChI is InChI=1S/C24H21F2N5O2/c1-13(30-23-16(11-27)24(31(2)3)29-12-28-23)22-19(14-6-4-7-15(25)10-14)21(32)20-17(26)8-5-9-18(20)33-22/h4-13,27H,1-3H3,(H,28,29,30)/p+1. The summed E-state index contributed by atoms with van der Waals surface area (Å²) < 4.78 is 34.6. The van der Waals surface area contributed by atoms with Crippen LogP contribution in [0.25, 0.3) is 22.1 Å². The van der Waals surface area contributed by atoms with E-state index in [-0.39, 0.29) is 27.9 Å². The molecule has 7 nitrogen and oxygen atoms in total. The average Bonchev–Trinajstić information content (AvgIpc) is 2.78. The van der Waals surface area contributed by atoms with Gasteiger partial charge in [-0.25, -0.2) is 18.7 Å². The SMILES string of the molecule is CC(Nc1ncnc(N(C)C)c1C=[NH2+])c1oc2cccc(F)c2c(=O)c1-c1cccc(F)c1. The lowest BCUT2D eigenvalue weighted by Gasteiger charge is -2.20. The molecule has 2 heterocycles. The summed E-state index contributed by atoms with van der Waals surface area (Å²) in [5.74, 6) is -0.0294. The highest BCUT2D eigenvalue weighted by Crippen LogP contribution is 2.32. The lowest BCUT2D eigenvalue weighted by Crippen LogP contribution is -2.32. The Morgan fingerprint density at radius 2 is 1.91 bits per heavy atom. The maximum Gasteiger partial charge on any atom is 0.203 e. The maximum atomic E-state index is 14.5. The van der Waals surface area contributed by atoms with E-state index in [9.17, 15) is 13.6 Å². The van der Waals surface area contributed by atoms with Crippen LogP contribution in [0.15, 0.2) is 58.0 Å². The first-order valence-electron chi connectivity index (χ1n) is 10.2. The number of anilines is 2. The second-order valence-corrected chi connectivity index (χ2v) is 7.68. The van der Waals surface area contributed by atoms with Gasteiger partial charge in [0.1, 0.15) is 51.9 Å². The number of aromatic nitrogens is 2. The van der Waals surface area contributed by atoms with Gasteiger partial charge in [0.05, 0.1) is 11.6 Å². The number of rotatable bonds is 6. The van der Waals surface area contributed by atoms with E-state index in [1.807, 2.05) is 14.1 Å². The second kappa shape index (κ2) is 8.78. The van der Waals surface area contributed by atoms with Crippen LogP contribution in [0, 0.1) is 11.6 Å². The molecule has 4 rings (SSSR count). The number of hydrogen-bond acceptors (Lipinski definition) is 6. The summed E-state index contributed by atoms with van der Waals surface area (Å²) in [4.78, 5) is 23.7. The van der Waals surface area contributed by atoms with Gasteiger partial charge in [-0.05, 0) is 36.8 Å². The van der Waals surface area contributed by atoms with Crippen LogP contribution in [0.3, 0.4) is 0 Å². The highest BCUT2D eigenvalue weighted by Gasteiger charge is 2.24. The molecule has 0 fully saturated rings. The maximum absolute atomic E-state index is 14.5. The van der Waals surface area contributed by atoms with Crippen molar-refractivity contribution in [2.75, 3.05) is 24.3 Å². The first kappa shape index (κ1) is 22.1. The second-order valence-electron chi connectivity index (χ2n) is 7.68. The zero-order valence-electron chi connectivity index (χ0n) is 18.3. The van der Waals surface area contributed by atoms with Crippen molar-refractivity contribution in [3.63, 3.8) is 0 Å². The molecule has 0 spiro atoms. The Kier molecular flexibility index (Phi) is 5.87. The fourth-order valence-corrected chi connectivity index (χ4v) is 3.72. The predicted octanol–water partition coefficient (Wildman–Crippen LogP) is 2.95. The van der Waals surface area contributed by atoms with Gasteiger partial charge >= 0.3 is 0 Å². The van der Waals surface area contributed by atoms with Crippen LogP contribution in [-0.2, 0) is 0 Å². The van der Waals surface area contributed by atoms with E-state index in [0.29, 0.717) is 17.2 Å². The minimum absolute atomic E-state index is 0.0623. The molecule has 0 aliphatic heterocycles. The van der Waals surface area contributed by atoms with Gasteiger partial charge in [0.2, 0.25) is 5.43 Å². The summed E-state index contributed by atoms with van der Waals surface area (Å²) in [6.45, 7) is 1.75. The van der Waals surface area contributed by atoms with Crippen LogP contribution >= 0.6 is 0 Å². The summed E-state index contributed by atoms with van der Waals surface area (Å²) in [6, 6.07) is 9.07. The van der Waals surface area contributed by atoms with Crippen molar-refractivity contribution in [1.82, 2.24) is 9.97 Å². The Morgan fingerprint density at radius 3 is 2.61 bits per heavy atom. The molecule has 0 amide bonds. The highest BCUT2D eigenvalue weighted by molar-refractivity contribution is 5.89. The first-order chi connectivity index (χ1) is 15.8. The number of fused-ring (bicyclic) bond motifs is 1. The molecular formula is C24H22F2N5O2+. The zero-order chi connectivity index (χ0) is 23.7. The normalized spacial score (nSPS) is 11.9. The average molecular weight is 450 g/mol. The number of nitrogens with two attached hydrogens (primary N) is 1. The van der Waals surface area contributed by atoms with E-state index in [4.69, 9.17) is 9.83 Å². The summed E-state index contributed by atoms with van der Waals surface area (Å²) in [5.41, 5.74) is 0.389. The van der Waals surface area contributed by atoms with Crippen molar-refractivity contribution in [3.8, 4) is 11.1 Å². The molecule has 3 N–H and O–H groups in total. The van der Waals surface area contributed by atoms with Gasteiger partial charge in [-0.3, -0.25) is 10.2 Å². The summed E-state index contributed by atoms with van der Waals surface area (Å²) in [7, 11) is 3.64. The number of hydrogen-bond donors (Lipinski definition) is 2. The van der Waals surface area contributed by atoms with E-state index in [0.717, 1.165) is 0 Å². The Hall–Kier alpha value is -4.14. The van der Waals surface area contributed by atoms with Crippen LogP contribution in [0.4, 0.5) is 20.4 Å². The lowest BCUT2D eigenvalue weighted by molar-refractivity contribution is -0.104. The number of nitrogens with zero attached hydrogens (tertiary/aromatic N) is 3. The van der Waals surface area contributed by atoms with Gasteiger partial charge in [0, 0.05) is 14.1 Å². The number of halogens is 2. The van der Waals surface area contributed by atoms with Gasteiger partial charge in [-0.15, -0.1) is 0 Å². The molecule has 2 aromatic heterocycles. The molecule has 0 saturated carbocycles. The molecule has 168 valence electrons. The molecule has 1 unspecified atom stereocenters. The topological polar surface area (TPSA) is 96.8 Å². The smallest absolute Gasteiger partial charge is 0.203 e. The summed E-state index contributed by atoms with van der Waals surface area (Å²) >= 11 is 0. The van der Waals surface area contributed by atoms with E-state index < -0.39 is 23.1 Å². The van der Waals surface area contributed by atoms with Crippen molar-refractivity contribution in [2.45, 2.75) is 13.0 Å². The van der Waals surface area contributed by atoms with E-state index in [1.54, 1.807) is 17.9 Å². The van der Waals surface area contributed by atoms with Crippen LogP contribution in [0.2, 0.25) is 0 Å². The van der Waals surface area contributed by atoms with Crippen molar-refractivity contribution in [1.29, 1.82) is 0 Å². The van der Waals surface area contributed by atoms with Gasteiger partial charge in [0.15, 0.2) is 6.21 Å². The Morgan fingerprint density at radius 1 is 1.15 bits per heavy atom.